The summed E-state index contributed by atoms with van der Waals surface area (Å²) in [6.45, 7) is 4.06. The zero-order valence-electron chi connectivity index (χ0n) is 14.7. The van der Waals surface area contributed by atoms with Gasteiger partial charge in [0.05, 0.1) is 12.1 Å². The highest BCUT2D eigenvalue weighted by molar-refractivity contribution is 5.32. The number of benzene rings is 2. The van der Waals surface area contributed by atoms with Gasteiger partial charge >= 0.3 is 0 Å². The molecule has 0 aliphatic carbocycles. The first-order chi connectivity index (χ1) is 12.6. The summed E-state index contributed by atoms with van der Waals surface area (Å²) < 4.78 is 26.7. The molecule has 1 heterocycles. The third kappa shape index (κ3) is 4.65. The molecule has 3 rings (SSSR count). The van der Waals surface area contributed by atoms with Crippen molar-refractivity contribution in [3.63, 3.8) is 0 Å². The highest BCUT2D eigenvalue weighted by Gasteiger charge is 2.27. The lowest BCUT2D eigenvalue weighted by Gasteiger charge is -2.40. The Hall–Kier alpha value is -1.86. The minimum absolute atomic E-state index is 0.0576. The molecule has 1 saturated heterocycles. The van der Waals surface area contributed by atoms with Crippen LogP contribution in [0, 0.1) is 11.6 Å². The summed E-state index contributed by atoms with van der Waals surface area (Å²) in [6, 6.07) is 12.9. The Morgan fingerprint density at radius 2 is 1.31 bits per heavy atom. The molecule has 2 aromatic carbocycles. The highest BCUT2D eigenvalue weighted by Crippen LogP contribution is 2.30. The van der Waals surface area contributed by atoms with Gasteiger partial charge < -0.3 is 10.8 Å². The lowest BCUT2D eigenvalue weighted by atomic mass is 9.96. The summed E-state index contributed by atoms with van der Waals surface area (Å²) in [5.74, 6) is -0.542. The zero-order valence-corrected chi connectivity index (χ0v) is 14.7. The summed E-state index contributed by atoms with van der Waals surface area (Å²) in [5, 5.41) is 9.74. The van der Waals surface area contributed by atoms with Crippen molar-refractivity contribution in [1.82, 2.24) is 9.80 Å². The number of nitrogens with two attached hydrogens (primary N) is 1. The van der Waals surface area contributed by atoms with Crippen molar-refractivity contribution >= 4 is 0 Å². The van der Waals surface area contributed by atoms with Crippen molar-refractivity contribution in [1.29, 1.82) is 0 Å². The SMILES string of the molecule is NCC(O)CN1CCN(C(c2ccc(F)cc2)c2ccc(F)cc2)CC1. The molecule has 2 aromatic rings. The average molecular weight is 361 g/mol. The topological polar surface area (TPSA) is 52.7 Å². The van der Waals surface area contributed by atoms with Crippen LogP contribution in [-0.2, 0) is 0 Å². The van der Waals surface area contributed by atoms with E-state index in [1.54, 1.807) is 24.3 Å². The molecule has 3 N–H and O–H groups in total. The maximum atomic E-state index is 13.4. The minimum atomic E-state index is -0.508. The van der Waals surface area contributed by atoms with Crippen LogP contribution in [0.4, 0.5) is 8.78 Å². The quantitative estimate of drug-likeness (QED) is 0.826. The van der Waals surface area contributed by atoms with Crippen molar-refractivity contribution < 1.29 is 13.9 Å². The molecule has 0 spiro atoms. The van der Waals surface area contributed by atoms with Crippen molar-refractivity contribution in [2.75, 3.05) is 39.3 Å². The smallest absolute Gasteiger partial charge is 0.123 e. The molecule has 0 aromatic heterocycles. The number of aliphatic hydroxyl groups excluding tert-OH is 1. The molecule has 1 aliphatic heterocycles. The molecule has 1 fully saturated rings. The Bertz CT molecular complexity index is 640. The van der Waals surface area contributed by atoms with E-state index in [1.165, 1.54) is 24.3 Å². The fourth-order valence-corrected chi connectivity index (χ4v) is 3.48. The molecule has 26 heavy (non-hydrogen) atoms. The second kappa shape index (κ2) is 8.68. The number of rotatable bonds is 6. The van der Waals surface area contributed by atoms with Crippen molar-refractivity contribution in [3.05, 3.63) is 71.3 Å². The van der Waals surface area contributed by atoms with E-state index in [1.807, 2.05) is 0 Å². The first-order valence-corrected chi connectivity index (χ1v) is 8.92. The number of halogens is 2. The van der Waals surface area contributed by atoms with Gasteiger partial charge in [-0.15, -0.1) is 0 Å². The largest absolute Gasteiger partial charge is 0.390 e. The van der Waals surface area contributed by atoms with E-state index in [0.717, 1.165) is 37.3 Å². The van der Waals surface area contributed by atoms with Crippen LogP contribution in [0.25, 0.3) is 0 Å². The van der Waals surface area contributed by atoms with Crippen molar-refractivity contribution in [2.45, 2.75) is 12.1 Å². The van der Waals surface area contributed by atoms with Crippen LogP contribution in [-0.4, -0.2) is 60.3 Å². The summed E-state index contributed by atoms with van der Waals surface area (Å²) in [6.07, 6.45) is -0.508. The highest BCUT2D eigenvalue weighted by atomic mass is 19.1. The normalized spacial score (nSPS) is 17.6. The van der Waals surface area contributed by atoms with E-state index in [4.69, 9.17) is 5.73 Å². The van der Waals surface area contributed by atoms with Gasteiger partial charge in [0, 0.05) is 39.3 Å². The Kier molecular flexibility index (Phi) is 6.32. The van der Waals surface area contributed by atoms with E-state index in [9.17, 15) is 13.9 Å². The predicted molar refractivity (Wildman–Crippen MR) is 97.7 cm³/mol. The molecule has 0 amide bonds. The molecule has 4 nitrogen and oxygen atoms in total. The van der Waals surface area contributed by atoms with Crippen molar-refractivity contribution in [3.8, 4) is 0 Å². The predicted octanol–water partition coefficient (Wildman–Crippen LogP) is 1.99. The van der Waals surface area contributed by atoms with Crippen LogP contribution in [0.15, 0.2) is 48.5 Å². The number of piperazine rings is 1. The zero-order chi connectivity index (χ0) is 18.5. The van der Waals surface area contributed by atoms with E-state index in [0.29, 0.717) is 6.54 Å². The maximum Gasteiger partial charge on any atom is 0.123 e. The van der Waals surface area contributed by atoms with Crippen LogP contribution < -0.4 is 5.73 Å². The van der Waals surface area contributed by atoms with Crippen molar-refractivity contribution in [2.24, 2.45) is 5.73 Å². The maximum absolute atomic E-state index is 13.4. The van der Waals surface area contributed by atoms with Gasteiger partial charge in [0.2, 0.25) is 0 Å². The van der Waals surface area contributed by atoms with Gasteiger partial charge in [0.25, 0.3) is 0 Å². The average Bonchev–Trinajstić information content (AvgIpc) is 2.66. The first kappa shape index (κ1) is 18.9. The molecule has 0 radical (unpaired) electrons. The van der Waals surface area contributed by atoms with Gasteiger partial charge in [-0.2, -0.15) is 0 Å². The third-order valence-corrected chi connectivity index (χ3v) is 4.88. The Balaban J connectivity index is 1.78. The molecule has 6 heteroatoms. The fraction of sp³-hybridized carbons (Fsp3) is 0.400. The minimum Gasteiger partial charge on any atom is -0.390 e. The van der Waals surface area contributed by atoms with E-state index >= 15 is 0 Å². The van der Waals surface area contributed by atoms with Crippen LogP contribution in [0.2, 0.25) is 0 Å². The van der Waals surface area contributed by atoms with Gasteiger partial charge in [-0.1, -0.05) is 24.3 Å². The van der Waals surface area contributed by atoms with Gasteiger partial charge in [0.15, 0.2) is 0 Å². The summed E-state index contributed by atoms with van der Waals surface area (Å²) in [5.41, 5.74) is 7.45. The van der Waals surface area contributed by atoms with E-state index < -0.39 is 6.10 Å². The Morgan fingerprint density at radius 3 is 1.73 bits per heavy atom. The number of aliphatic hydroxyl groups is 1. The number of nitrogens with zero attached hydrogens (tertiary/aromatic N) is 2. The van der Waals surface area contributed by atoms with Gasteiger partial charge in [-0.05, 0) is 35.4 Å². The molecular weight excluding hydrogens is 336 g/mol. The molecule has 0 saturated carbocycles. The molecule has 1 aliphatic rings. The third-order valence-electron chi connectivity index (χ3n) is 4.88. The summed E-state index contributed by atoms with van der Waals surface area (Å²) in [7, 11) is 0. The second-order valence-electron chi connectivity index (χ2n) is 6.73. The van der Waals surface area contributed by atoms with Crippen LogP contribution in [0.3, 0.4) is 0 Å². The standard InChI is InChI=1S/C20H25F2N3O/c21-17-5-1-15(2-6-17)20(16-3-7-18(22)8-4-16)25-11-9-24(10-12-25)14-19(26)13-23/h1-8,19-20,26H,9-14,23H2. The van der Waals surface area contributed by atoms with Gasteiger partial charge in [-0.25, -0.2) is 8.78 Å². The monoisotopic (exact) mass is 361 g/mol. The summed E-state index contributed by atoms with van der Waals surface area (Å²) >= 11 is 0. The number of hydrogen-bond acceptors (Lipinski definition) is 4. The first-order valence-electron chi connectivity index (χ1n) is 8.92. The lowest BCUT2D eigenvalue weighted by Crippen LogP contribution is -2.50. The van der Waals surface area contributed by atoms with Crippen LogP contribution >= 0.6 is 0 Å². The molecular formula is C20H25F2N3O. The van der Waals surface area contributed by atoms with Crippen LogP contribution in [0.5, 0.6) is 0 Å². The van der Waals surface area contributed by atoms with Crippen LogP contribution in [0.1, 0.15) is 17.2 Å². The number of hydrogen-bond donors (Lipinski definition) is 2. The van der Waals surface area contributed by atoms with E-state index in [2.05, 4.69) is 9.80 Å². The second-order valence-corrected chi connectivity index (χ2v) is 6.73. The van der Waals surface area contributed by atoms with E-state index in [-0.39, 0.29) is 24.2 Å². The van der Waals surface area contributed by atoms with Gasteiger partial charge in [-0.3, -0.25) is 9.80 Å². The molecule has 1 unspecified atom stereocenters. The van der Waals surface area contributed by atoms with Gasteiger partial charge in [0.1, 0.15) is 11.6 Å². The number of β-amino-alcohol motifs (C(OH)–C–C–N with tert-alkyl or cyclic N) is 1. The fourth-order valence-electron chi connectivity index (χ4n) is 3.48. The Morgan fingerprint density at radius 1 is 0.846 bits per heavy atom. The molecule has 1 atom stereocenters. The molecule has 140 valence electrons. The lowest BCUT2D eigenvalue weighted by molar-refractivity contribution is 0.0657. The summed E-state index contributed by atoms with van der Waals surface area (Å²) in [4.78, 5) is 4.51. The molecule has 0 bridgehead atoms. The Labute approximate surface area is 152 Å².